The van der Waals surface area contributed by atoms with E-state index in [2.05, 4.69) is 13.8 Å². The van der Waals surface area contributed by atoms with Crippen molar-refractivity contribution in [2.75, 3.05) is 6.61 Å². The maximum Gasteiger partial charge on any atom is 0.0740 e. The lowest BCUT2D eigenvalue weighted by Gasteiger charge is -2.00. The Kier molecular flexibility index (Phi) is 7.92. The van der Waals surface area contributed by atoms with Gasteiger partial charge in [-0.1, -0.05) is 24.6 Å². The van der Waals surface area contributed by atoms with Gasteiger partial charge in [0.05, 0.1) is 17.7 Å². The SMILES string of the molecule is CCOSSSC(C)C. The molecule has 0 fully saturated rings. The van der Waals surface area contributed by atoms with Gasteiger partial charge in [-0.05, 0) is 6.92 Å². The van der Waals surface area contributed by atoms with E-state index in [1.807, 2.05) is 17.7 Å². The molecular formula is C5H12OS3. The van der Waals surface area contributed by atoms with Crippen LogP contribution in [0.1, 0.15) is 20.8 Å². The van der Waals surface area contributed by atoms with E-state index in [1.54, 1.807) is 9.83 Å². The molecule has 0 spiro atoms. The van der Waals surface area contributed by atoms with Crippen LogP contribution in [-0.4, -0.2) is 11.9 Å². The van der Waals surface area contributed by atoms with E-state index < -0.39 is 0 Å². The second-order valence-corrected chi connectivity index (χ2v) is 5.95. The summed E-state index contributed by atoms with van der Waals surface area (Å²) in [6, 6.07) is 0. The molecule has 0 aliphatic carbocycles. The molecule has 0 radical (unpaired) electrons. The maximum atomic E-state index is 5.04. The van der Waals surface area contributed by atoms with Gasteiger partial charge in [-0.25, -0.2) is 0 Å². The highest BCUT2D eigenvalue weighted by Gasteiger charge is 1.94. The summed E-state index contributed by atoms with van der Waals surface area (Å²) in [4.78, 5) is 0. The van der Waals surface area contributed by atoms with E-state index in [-0.39, 0.29) is 0 Å². The minimum absolute atomic E-state index is 0.683. The molecule has 0 aromatic rings. The summed E-state index contributed by atoms with van der Waals surface area (Å²) in [7, 11) is 3.52. The van der Waals surface area contributed by atoms with E-state index in [9.17, 15) is 0 Å². The molecule has 56 valence electrons. The molecule has 0 unspecified atom stereocenters. The van der Waals surface area contributed by atoms with Crippen molar-refractivity contribution in [3.05, 3.63) is 0 Å². The lowest BCUT2D eigenvalue weighted by molar-refractivity contribution is 0.408. The van der Waals surface area contributed by atoms with Crippen molar-refractivity contribution in [1.82, 2.24) is 0 Å². The van der Waals surface area contributed by atoms with Gasteiger partial charge in [0.25, 0.3) is 0 Å². The summed E-state index contributed by atoms with van der Waals surface area (Å²) < 4.78 is 5.04. The average molecular weight is 184 g/mol. The van der Waals surface area contributed by atoms with Crippen LogP contribution in [0.2, 0.25) is 0 Å². The smallest absolute Gasteiger partial charge is 0.0740 e. The molecule has 0 N–H and O–H groups in total. The first kappa shape index (κ1) is 10.0. The standard InChI is InChI=1S/C5H12OS3/c1-4-6-8-9-7-5(2)3/h5H,4H2,1-3H3. The predicted molar refractivity (Wildman–Crippen MR) is 49.5 cm³/mol. The van der Waals surface area contributed by atoms with Crippen LogP contribution in [0.15, 0.2) is 0 Å². The van der Waals surface area contributed by atoms with E-state index in [0.29, 0.717) is 5.25 Å². The summed E-state index contributed by atoms with van der Waals surface area (Å²) in [5.41, 5.74) is 0. The van der Waals surface area contributed by atoms with Gasteiger partial charge in [0.2, 0.25) is 0 Å². The fraction of sp³-hybridized carbons (Fsp3) is 1.00. The van der Waals surface area contributed by atoms with Crippen molar-refractivity contribution in [3.63, 3.8) is 0 Å². The van der Waals surface area contributed by atoms with E-state index in [0.717, 1.165) is 6.61 Å². The molecule has 0 saturated heterocycles. The Hall–Kier alpha value is 1.01. The first-order valence-electron chi connectivity index (χ1n) is 2.89. The van der Waals surface area contributed by atoms with Gasteiger partial charge in [-0.15, -0.1) is 0 Å². The summed E-state index contributed by atoms with van der Waals surface area (Å²) in [6.45, 7) is 7.12. The number of rotatable bonds is 5. The quantitative estimate of drug-likeness (QED) is 0.368. The minimum Gasteiger partial charge on any atom is -0.305 e. The van der Waals surface area contributed by atoms with Crippen molar-refractivity contribution in [3.8, 4) is 0 Å². The Morgan fingerprint density at radius 2 is 2.11 bits per heavy atom. The van der Waals surface area contributed by atoms with Gasteiger partial charge in [0.1, 0.15) is 0 Å². The highest BCUT2D eigenvalue weighted by Crippen LogP contribution is 2.37. The van der Waals surface area contributed by atoms with Crippen LogP contribution in [0.5, 0.6) is 0 Å². The third-order valence-corrected chi connectivity index (χ3v) is 4.33. The Bertz CT molecular complexity index is 58.2. The Morgan fingerprint density at radius 3 is 2.56 bits per heavy atom. The minimum atomic E-state index is 0.683. The summed E-state index contributed by atoms with van der Waals surface area (Å²) in [6.07, 6.45) is 0. The molecule has 0 saturated carbocycles. The zero-order valence-corrected chi connectivity index (χ0v) is 8.37. The van der Waals surface area contributed by atoms with E-state index in [4.69, 9.17) is 4.18 Å². The monoisotopic (exact) mass is 184 g/mol. The third kappa shape index (κ3) is 9.01. The van der Waals surface area contributed by atoms with Crippen LogP contribution in [0.25, 0.3) is 0 Å². The second kappa shape index (κ2) is 7.12. The number of hydrogen-bond donors (Lipinski definition) is 0. The Morgan fingerprint density at radius 1 is 1.44 bits per heavy atom. The van der Waals surface area contributed by atoms with Gasteiger partial charge in [0, 0.05) is 15.1 Å². The molecule has 0 aromatic heterocycles. The van der Waals surface area contributed by atoms with E-state index >= 15 is 0 Å². The molecule has 9 heavy (non-hydrogen) atoms. The molecule has 0 amide bonds. The van der Waals surface area contributed by atoms with Crippen LogP contribution in [0.3, 0.4) is 0 Å². The third-order valence-electron chi connectivity index (χ3n) is 0.425. The maximum absolute atomic E-state index is 5.04. The highest BCUT2D eigenvalue weighted by molar-refractivity contribution is 9.08. The summed E-state index contributed by atoms with van der Waals surface area (Å²) in [5.74, 6) is 0. The molecule has 4 heteroatoms. The van der Waals surface area contributed by atoms with Gasteiger partial charge in [-0.2, -0.15) is 0 Å². The van der Waals surface area contributed by atoms with Gasteiger partial charge in [0.15, 0.2) is 0 Å². The van der Waals surface area contributed by atoms with Gasteiger partial charge in [-0.3, -0.25) is 0 Å². The van der Waals surface area contributed by atoms with Crippen LogP contribution < -0.4 is 0 Å². The molecular weight excluding hydrogens is 172 g/mol. The zero-order chi connectivity index (χ0) is 7.11. The molecule has 1 nitrogen and oxygen atoms in total. The van der Waals surface area contributed by atoms with Crippen molar-refractivity contribution in [2.24, 2.45) is 0 Å². The molecule has 0 aliphatic rings. The lowest BCUT2D eigenvalue weighted by Crippen LogP contribution is -1.79. The predicted octanol–water partition coefficient (Wildman–Crippen LogP) is 3.38. The topological polar surface area (TPSA) is 9.23 Å². The van der Waals surface area contributed by atoms with Crippen LogP contribution in [-0.2, 0) is 4.18 Å². The molecule has 0 bridgehead atoms. The van der Waals surface area contributed by atoms with E-state index in [1.165, 1.54) is 11.1 Å². The Labute approximate surface area is 68.7 Å². The molecule has 0 atom stereocenters. The van der Waals surface area contributed by atoms with Crippen LogP contribution in [0.4, 0.5) is 0 Å². The van der Waals surface area contributed by atoms with Gasteiger partial charge >= 0.3 is 0 Å². The summed E-state index contributed by atoms with van der Waals surface area (Å²) in [5, 5.41) is 0.683. The first-order valence-corrected chi connectivity index (χ1v) is 6.36. The normalized spacial score (nSPS) is 10.7. The second-order valence-electron chi connectivity index (χ2n) is 1.69. The largest absolute Gasteiger partial charge is 0.305 e. The van der Waals surface area contributed by atoms with Crippen molar-refractivity contribution in [1.29, 1.82) is 0 Å². The molecule has 0 heterocycles. The van der Waals surface area contributed by atoms with Gasteiger partial charge < -0.3 is 4.18 Å². The fourth-order valence-corrected chi connectivity index (χ4v) is 3.52. The molecule has 0 rings (SSSR count). The van der Waals surface area contributed by atoms with Crippen molar-refractivity contribution < 1.29 is 4.18 Å². The number of hydrogen-bond acceptors (Lipinski definition) is 4. The van der Waals surface area contributed by atoms with Crippen LogP contribution >= 0.6 is 31.7 Å². The van der Waals surface area contributed by atoms with Crippen molar-refractivity contribution >= 4 is 31.7 Å². The fourth-order valence-electron chi connectivity index (χ4n) is 0.162. The zero-order valence-electron chi connectivity index (χ0n) is 5.92. The molecule has 0 aliphatic heterocycles. The highest BCUT2D eigenvalue weighted by atomic mass is 33.5. The summed E-state index contributed by atoms with van der Waals surface area (Å²) >= 11 is 1.46. The van der Waals surface area contributed by atoms with Crippen molar-refractivity contribution in [2.45, 2.75) is 26.0 Å². The van der Waals surface area contributed by atoms with Crippen LogP contribution in [0, 0.1) is 0 Å². The first-order chi connectivity index (χ1) is 4.27. The molecule has 0 aromatic carbocycles. The average Bonchev–Trinajstić information content (AvgIpc) is 1.80. The Balaban J connectivity index is 2.75. The lowest BCUT2D eigenvalue weighted by atomic mass is 10.6.